The van der Waals surface area contributed by atoms with Crippen LogP contribution < -0.4 is 10.2 Å². The van der Waals surface area contributed by atoms with Gasteiger partial charge < -0.3 is 10.2 Å². The normalized spacial score (nSPS) is 12.6. The zero-order valence-corrected chi connectivity index (χ0v) is 48.1. The van der Waals surface area contributed by atoms with Gasteiger partial charge in [0.15, 0.2) is 0 Å². The quantitative estimate of drug-likeness (QED) is 0.0252. The summed E-state index contributed by atoms with van der Waals surface area (Å²) in [7, 11) is 1.81. The molecule has 1 fully saturated rings. The van der Waals surface area contributed by atoms with E-state index in [-0.39, 0.29) is 0 Å². The molecule has 1 saturated heterocycles. The molecule has 1 N–H and O–H groups in total. The van der Waals surface area contributed by atoms with E-state index in [9.17, 15) is 0 Å². The Morgan fingerprint density at radius 1 is 0.514 bits per heavy atom. The van der Waals surface area contributed by atoms with Gasteiger partial charge in [-0.2, -0.15) is 0 Å². The molecule has 0 radical (unpaired) electrons. The monoisotopic (exact) mass is 991 g/mol. The molecule has 1 heterocycles. The molecule has 0 aromatic heterocycles. The van der Waals surface area contributed by atoms with Crippen LogP contribution in [-0.4, -0.2) is 20.1 Å². The number of rotatable bonds is 26. The van der Waals surface area contributed by atoms with E-state index in [0.717, 1.165) is 13.1 Å². The summed E-state index contributed by atoms with van der Waals surface area (Å²) in [5.74, 6) is 1.12. The van der Waals surface area contributed by atoms with Gasteiger partial charge in [0.25, 0.3) is 0 Å². The molecule has 2 nitrogen and oxygen atoms in total. The molecule has 2 heteroatoms. The van der Waals surface area contributed by atoms with E-state index in [1.54, 1.807) is 17.3 Å². The van der Waals surface area contributed by atoms with Gasteiger partial charge in [-0.25, -0.2) is 0 Å². The van der Waals surface area contributed by atoms with Gasteiger partial charge in [-0.15, -0.1) is 13.2 Å². The van der Waals surface area contributed by atoms with Gasteiger partial charge in [0.05, 0.1) is 0 Å². The third kappa shape index (κ3) is 12.2. The summed E-state index contributed by atoms with van der Waals surface area (Å²) in [5.41, 5.74) is 8.54. The van der Waals surface area contributed by atoms with Crippen LogP contribution >= 0.6 is 0 Å². The van der Waals surface area contributed by atoms with Gasteiger partial charge in [-0.05, 0) is 167 Å². The molecule has 8 aromatic carbocycles. The van der Waals surface area contributed by atoms with Gasteiger partial charge in [-0.1, -0.05) is 236 Å². The molecule has 0 bridgehead atoms. The third-order valence-electron chi connectivity index (χ3n) is 16.7. The van der Waals surface area contributed by atoms with E-state index >= 15 is 0 Å². The van der Waals surface area contributed by atoms with Crippen molar-refractivity contribution in [2.75, 3.05) is 25.0 Å². The van der Waals surface area contributed by atoms with Crippen LogP contribution in [-0.2, 0) is 0 Å². The molecule has 0 unspecified atom stereocenters. The number of fused-ring (bicyclic) bond motifs is 4. The molecule has 1 aliphatic rings. The molecule has 0 atom stereocenters. The van der Waals surface area contributed by atoms with E-state index < -0.39 is 0 Å². The Labute approximate surface area is 450 Å². The van der Waals surface area contributed by atoms with E-state index in [2.05, 4.69) is 151 Å². The average molecular weight is 992 g/mol. The number of benzene rings is 8. The van der Waals surface area contributed by atoms with Crippen molar-refractivity contribution >= 4 is 92.7 Å². The third-order valence-corrected chi connectivity index (χ3v) is 16.7. The van der Waals surface area contributed by atoms with Crippen LogP contribution in [0.15, 0.2) is 106 Å². The molecule has 396 valence electrons. The largest absolute Gasteiger partial charge is 0.394 e. The standard InChI is InChI=1S/C65H81N.C3H7N.C2H6.C2H4/c1-8-13-17-21-27-46(28-22-18-14-9-2)49-34-36-52-55-39-40-56-57-43-58(66-41-25-26-42-66)59(47(29-23-19-15-10-3)30-24-20-16-11-4)60-45(12-5)31-32-50(65(57)60)53-37-38-54(63(55)64(53)56)51-35-33-48(44(6)7)61(49)62(51)52;1-3-4-2;2*1-2/h12,31-40,43,46-47H,5-6,8-11,13-30,41-42H2,1-4,7H3;3-4H,1H2,2H3;1-2H3;1-2H2. The lowest BCUT2D eigenvalue weighted by atomic mass is 9.77. The fraction of sp³-hybridized carbons (Fsp3) is 0.472. The summed E-state index contributed by atoms with van der Waals surface area (Å²) in [5, 5.41) is 22.7. The summed E-state index contributed by atoms with van der Waals surface area (Å²) in [6.45, 7) is 36.4. The Balaban J connectivity index is 0.00000105. The Morgan fingerprint density at radius 2 is 0.892 bits per heavy atom. The first-order valence-corrected chi connectivity index (χ1v) is 30.0. The second-order valence-corrected chi connectivity index (χ2v) is 21.5. The minimum atomic E-state index is 0.548. The minimum Gasteiger partial charge on any atom is -0.394 e. The summed E-state index contributed by atoms with van der Waals surface area (Å²) in [6.07, 6.45) is 32.5. The van der Waals surface area contributed by atoms with E-state index in [0.29, 0.717) is 11.8 Å². The van der Waals surface area contributed by atoms with E-state index in [1.165, 1.54) is 239 Å². The second-order valence-electron chi connectivity index (χ2n) is 21.5. The van der Waals surface area contributed by atoms with Crippen LogP contribution in [0.3, 0.4) is 0 Å². The molecule has 0 amide bonds. The summed E-state index contributed by atoms with van der Waals surface area (Å²) >= 11 is 0. The van der Waals surface area contributed by atoms with Crippen molar-refractivity contribution in [1.82, 2.24) is 5.32 Å². The lowest BCUT2D eigenvalue weighted by Crippen LogP contribution is -2.21. The first kappa shape index (κ1) is 57.9. The van der Waals surface area contributed by atoms with Crippen molar-refractivity contribution in [2.24, 2.45) is 0 Å². The Kier molecular flexibility index (Phi) is 22.8. The second kappa shape index (κ2) is 29.1. The highest BCUT2D eigenvalue weighted by Gasteiger charge is 2.29. The fourth-order valence-corrected chi connectivity index (χ4v) is 13.1. The van der Waals surface area contributed by atoms with Crippen molar-refractivity contribution < 1.29 is 0 Å². The smallest absolute Gasteiger partial charge is 0.0414 e. The number of allylic oxidation sites excluding steroid dienone is 1. The van der Waals surface area contributed by atoms with Gasteiger partial charge in [0.2, 0.25) is 0 Å². The van der Waals surface area contributed by atoms with Crippen molar-refractivity contribution in [3.05, 3.63) is 128 Å². The van der Waals surface area contributed by atoms with Gasteiger partial charge >= 0.3 is 0 Å². The summed E-state index contributed by atoms with van der Waals surface area (Å²) in [6, 6.07) is 27.6. The molecule has 0 aliphatic carbocycles. The lowest BCUT2D eigenvalue weighted by molar-refractivity contribution is 0.498. The van der Waals surface area contributed by atoms with Gasteiger partial charge in [0, 0.05) is 25.8 Å². The van der Waals surface area contributed by atoms with Crippen LogP contribution in [0.25, 0.3) is 87.1 Å². The zero-order valence-electron chi connectivity index (χ0n) is 48.1. The highest BCUT2D eigenvalue weighted by Crippen LogP contribution is 2.53. The maximum atomic E-state index is 4.62. The number of nitrogens with zero attached hydrogens (tertiary/aromatic N) is 1. The van der Waals surface area contributed by atoms with Crippen LogP contribution in [0, 0.1) is 0 Å². The first-order valence-electron chi connectivity index (χ1n) is 30.0. The van der Waals surface area contributed by atoms with Crippen molar-refractivity contribution in [3.8, 4) is 0 Å². The Bertz CT molecular complexity index is 2990. The van der Waals surface area contributed by atoms with E-state index in [1.807, 2.05) is 20.9 Å². The van der Waals surface area contributed by atoms with Gasteiger partial charge in [0.1, 0.15) is 0 Å². The predicted octanol–water partition coefficient (Wildman–Crippen LogP) is 23.1. The number of anilines is 1. The average Bonchev–Trinajstić information content (AvgIpc) is 3.99. The fourth-order valence-electron chi connectivity index (χ4n) is 13.1. The Hall–Kier alpha value is -5.34. The molecule has 1 aliphatic heterocycles. The minimum absolute atomic E-state index is 0.548. The van der Waals surface area contributed by atoms with Crippen molar-refractivity contribution in [3.63, 3.8) is 0 Å². The molecule has 8 aromatic rings. The van der Waals surface area contributed by atoms with Crippen LogP contribution in [0.2, 0.25) is 0 Å². The SMILES string of the molecule is C=C.C=CNC.C=Cc1ccc2c3ccc4c5ccc(C(=C)C)c6c(C(CCCCCC)CCCCCC)ccc(c7ccc(c8cc(N9CCCC9)c(C(CCCCCC)CCCCCC)c1c28)c3c47)c65.CC. The Morgan fingerprint density at radius 3 is 1.31 bits per heavy atom. The number of nitrogens with one attached hydrogen (secondary N) is 1. The van der Waals surface area contributed by atoms with Crippen LogP contribution in [0.5, 0.6) is 0 Å². The topological polar surface area (TPSA) is 15.3 Å². The van der Waals surface area contributed by atoms with Crippen LogP contribution in [0.4, 0.5) is 5.69 Å². The number of hydrogen-bond donors (Lipinski definition) is 1. The highest BCUT2D eigenvalue weighted by molar-refractivity contribution is 6.43. The summed E-state index contributed by atoms with van der Waals surface area (Å²) < 4.78 is 0. The molecule has 0 spiro atoms. The van der Waals surface area contributed by atoms with Crippen molar-refractivity contribution in [1.29, 1.82) is 0 Å². The predicted molar refractivity (Wildman–Crippen MR) is 340 cm³/mol. The summed E-state index contributed by atoms with van der Waals surface area (Å²) in [4.78, 5) is 2.78. The first-order chi connectivity index (χ1) is 36.4. The van der Waals surface area contributed by atoms with Gasteiger partial charge in [-0.3, -0.25) is 0 Å². The molecule has 74 heavy (non-hydrogen) atoms. The maximum absolute atomic E-state index is 4.62. The number of hydrogen-bond acceptors (Lipinski definition) is 2. The van der Waals surface area contributed by atoms with Crippen LogP contribution in [0.1, 0.15) is 224 Å². The molecular formula is C72H98N2. The number of unbranched alkanes of at least 4 members (excludes halogenated alkanes) is 12. The van der Waals surface area contributed by atoms with Crippen molar-refractivity contribution in [2.45, 2.75) is 202 Å². The molecule has 9 rings (SSSR count). The zero-order chi connectivity index (χ0) is 53.1. The highest BCUT2D eigenvalue weighted by atomic mass is 15.1. The molecular weight excluding hydrogens is 893 g/mol. The van der Waals surface area contributed by atoms with E-state index in [4.69, 9.17) is 0 Å². The lowest BCUT2D eigenvalue weighted by Gasteiger charge is -2.31. The maximum Gasteiger partial charge on any atom is 0.0414 e. The molecule has 0 saturated carbocycles.